The lowest BCUT2D eigenvalue weighted by molar-refractivity contribution is 0.164. The second-order valence-electron chi connectivity index (χ2n) is 6.77. The minimum Gasteiger partial charge on any atom is -0.381 e. The van der Waals surface area contributed by atoms with Crippen molar-refractivity contribution in [2.24, 2.45) is 5.92 Å². The fourth-order valence-electron chi connectivity index (χ4n) is 3.35. The number of hydrogen-bond donors (Lipinski definition) is 2. The highest BCUT2D eigenvalue weighted by molar-refractivity contribution is 5.52. The molecule has 1 aromatic heterocycles. The number of nitrogens with zero attached hydrogens (tertiary/aromatic N) is 4. The zero-order valence-electron chi connectivity index (χ0n) is 14.7. The van der Waals surface area contributed by atoms with Crippen molar-refractivity contribution in [1.29, 1.82) is 0 Å². The van der Waals surface area contributed by atoms with Crippen molar-refractivity contribution in [2.75, 3.05) is 68.4 Å². The monoisotopic (exact) mass is 334 g/mol. The number of unbranched alkanes of at least 4 members (excludes halogenated alkanes) is 1. The maximum absolute atomic E-state index is 5.89. The van der Waals surface area contributed by atoms with E-state index in [0.29, 0.717) is 11.9 Å². The predicted molar refractivity (Wildman–Crippen MR) is 97.4 cm³/mol. The molecule has 2 aliphatic heterocycles. The van der Waals surface area contributed by atoms with Crippen LogP contribution in [0, 0.1) is 5.92 Å². The van der Waals surface area contributed by atoms with Crippen molar-refractivity contribution < 1.29 is 4.74 Å². The van der Waals surface area contributed by atoms with Gasteiger partial charge in [0.25, 0.3) is 0 Å². The molecule has 0 amide bonds. The Morgan fingerprint density at radius 3 is 2.83 bits per heavy atom. The van der Waals surface area contributed by atoms with Crippen molar-refractivity contribution in [3.8, 4) is 0 Å². The van der Waals surface area contributed by atoms with Crippen LogP contribution < -0.4 is 16.0 Å². The Balaban J connectivity index is 1.53. The number of piperazine rings is 1. The number of rotatable bonds is 7. The largest absolute Gasteiger partial charge is 0.381 e. The van der Waals surface area contributed by atoms with Crippen LogP contribution in [0.1, 0.15) is 26.2 Å². The molecule has 0 bridgehead atoms. The topological polar surface area (TPSA) is 79.5 Å². The molecule has 134 valence electrons. The Hall–Kier alpha value is -1.60. The lowest BCUT2D eigenvalue weighted by atomic mass is 10.1. The molecular formula is C17H30N6O. The molecule has 0 spiro atoms. The van der Waals surface area contributed by atoms with E-state index in [4.69, 9.17) is 10.5 Å². The zero-order chi connectivity index (χ0) is 16.8. The lowest BCUT2D eigenvalue weighted by Gasteiger charge is -2.36. The Kier molecular flexibility index (Phi) is 6.09. The number of nitrogens with two attached hydrogens (primary N) is 1. The Bertz CT molecular complexity index is 512. The van der Waals surface area contributed by atoms with Gasteiger partial charge in [0.1, 0.15) is 11.6 Å². The first-order chi connectivity index (χ1) is 11.7. The number of aromatic nitrogens is 2. The number of nitrogen functional groups attached to an aromatic ring is 1. The highest BCUT2D eigenvalue weighted by Crippen LogP contribution is 2.20. The molecule has 0 aromatic carbocycles. The summed E-state index contributed by atoms with van der Waals surface area (Å²) in [7, 11) is 0. The lowest BCUT2D eigenvalue weighted by Crippen LogP contribution is -2.48. The average Bonchev–Trinajstić information content (AvgIpc) is 3.08. The number of nitrogens with one attached hydrogen (secondary N) is 1. The Morgan fingerprint density at radius 2 is 2.12 bits per heavy atom. The van der Waals surface area contributed by atoms with Gasteiger partial charge in [0.05, 0.1) is 6.61 Å². The van der Waals surface area contributed by atoms with Gasteiger partial charge < -0.3 is 20.7 Å². The summed E-state index contributed by atoms with van der Waals surface area (Å²) in [6, 6.07) is 2.02. The number of hydrogen-bond acceptors (Lipinski definition) is 7. The van der Waals surface area contributed by atoms with Gasteiger partial charge in [-0.3, -0.25) is 4.90 Å². The Morgan fingerprint density at radius 1 is 1.29 bits per heavy atom. The number of anilines is 3. The second-order valence-corrected chi connectivity index (χ2v) is 6.77. The summed E-state index contributed by atoms with van der Waals surface area (Å²) in [5.74, 6) is 2.82. The van der Waals surface area contributed by atoms with Gasteiger partial charge in [0, 0.05) is 51.9 Å². The molecule has 0 aliphatic carbocycles. The zero-order valence-corrected chi connectivity index (χ0v) is 14.7. The van der Waals surface area contributed by atoms with Crippen molar-refractivity contribution in [1.82, 2.24) is 14.9 Å². The smallest absolute Gasteiger partial charge is 0.223 e. The Labute approximate surface area is 144 Å². The molecule has 7 heteroatoms. The maximum Gasteiger partial charge on any atom is 0.223 e. The molecule has 2 saturated heterocycles. The van der Waals surface area contributed by atoms with E-state index in [9.17, 15) is 0 Å². The van der Waals surface area contributed by atoms with Crippen LogP contribution in [-0.2, 0) is 4.74 Å². The fourth-order valence-corrected chi connectivity index (χ4v) is 3.35. The predicted octanol–water partition coefficient (Wildman–Crippen LogP) is 1.43. The highest BCUT2D eigenvalue weighted by Gasteiger charge is 2.23. The first-order valence-electron chi connectivity index (χ1n) is 9.18. The molecule has 3 N–H and O–H groups in total. The average molecular weight is 334 g/mol. The van der Waals surface area contributed by atoms with Crippen LogP contribution in [0.4, 0.5) is 17.6 Å². The van der Waals surface area contributed by atoms with Crippen LogP contribution in [0.3, 0.4) is 0 Å². The SMILES string of the molecule is CCCCNc1cc(N2CCN(C[C@@H]3CCOC3)CC2)nc(N)n1. The van der Waals surface area contributed by atoms with Crippen LogP contribution in [0.2, 0.25) is 0 Å². The molecule has 0 radical (unpaired) electrons. The molecule has 3 heterocycles. The molecule has 2 aliphatic rings. The highest BCUT2D eigenvalue weighted by atomic mass is 16.5. The fraction of sp³-hybridized carbons (Fsp3) is 0.765. The maximum atomic E-state index is 5.89. The van der Waals surface area contributed by atoms with E-state index >= 15 is 0 Å². The van der Waals surface area contributed by atoms with Gasteiger partial charge in [0.15, 0.2) is 0 Å². The quantitative estimate of drug-likeness (QED) is 0.730. The van der Waals surface area contributed by atoms with Gasteiger partial charge in [-0.25, -0.2) is 0 Å². The molecule has 0 unspecified atom stereocenters. The van der Waals surface area contributed by atoms with Crippen molar-refractivity contribution >= 4 is 17.6 Å². The minimum atomic E-state index is 0.344. The molecule has 24 heavy (non-hydrogen) atoms. The number of ether oxygens (including phenoxy) is 1. The molecule has 1 aromatic rings. The standard InChI is InChI=1S/C17H30N6O/c1-2-3-5-19-15-11-16(21-17(18)20-15)23-8-6-22(7-9-23)12-14-4-10-24-13-14/h11,14H,2-10,12-13H2,1H3,(H3,18,19,20,21)/t14-/m0/s1. The summed E-state index contributed by atoms with van der Waals surface area (Å²) in [4.78, 5) is 13.6. The van der Waals surface area contributed by atoms with Crippen LogP contribution in [0.25, 0.3) is 0 Å². The summed E-state index contributed by atoms with van der Waals surface area (Å²) in [6.07, 6.45) is 3.49. The van der Waals surface area contributed by atoms with Crippen LogP contribution >= 0.6 is 0 Å². The van der Waals surface area contributed by atoms with Crippen LogP contribution in [0.5, 0.6) is 0 Å². The molecule has 2 fully saturated rings. The van der Waals surface area contributed by atoms with E-state index in [0.717, 1.165) is 77.0 Å². The normalized spacial score (nSPS) is 22.0. The van der Waals surface area contributed by atoms with Gasteiger partial charge in [0.2, 0.25) is 5.95 Å². The van der Waals surface area contributed by atoms with E-state index in [-0.39, 0.29) is 0 Å². The van der Waals surface area contributed by atoms with Gasteiger partial charge in [-0.1, -0.05) is 13.3 Å². The summed E-state index contributed by atoms with van der Waals surface area (Å²) in [5, 5.41) is 3.34. The first-order valence-corrected chi connectivity index (χ1v) is 9.18. The van der Waals surface area contributed by atoms with Gasteiger partial charge in [-0.2, -0.15) is 9.97 Å². The third-order valence-electron chi connectivity index (χ3n) is 4.80. The summed E-state index contributed by atoms with van der Waals surface area (Å²) in [6.45, 7) is 10.2. The van der Waals surface area contributed by atoms with Crippen LogP contribution in [0.15, 0.2) is 6.07 Å². The van der Waals surface area contributed by atoms with Gasteiger partial charge >= 0.3 is 0 Å². The van der Waals surface area contributed by atoms with E-state index in [1.165, 1.54) is 6.42 Å². The first kappa shape index (κ1) is 17.2. The molecule has 0 saturated carbocycles. The van der Waals surface area contributed by atoms with E-state index in [2.05, 4.69) is 32.0 Å². The second kappa shape index (κ2) is 8.48. The van der Waals surface area contributed by atoms with E-state index < -0.39 is 0 Å². The summed E-state index contributed by atoms with van der Waals surface area (Å²) < 4.78 is 5.48. The third-order valence-corrected chi connectivity index (χ3v) is 4.80. The van der Waals surface area contributed by atoms with Gasteiger partial charge in [-0.15, -0.1) is 0 Å². The molecule has 7 nitrogen and oxygen atoms in total. The molecule has 3 rings (SSSR count). The summed E-state index contributed by atoms with van der Waals surface area (Å²) in [5.41, 5.74) is 5.89. The van der Waals surface area contributed by atoms with Gasteiger partial charge in [-0.05, 0) is 18.8 Å². The molecular weight excluding hydrogens is 304 g/mol. The van der Waals surface area contributed by atoms with Crippen molar-refractivity contribution in [2.45, 2.75) is 26.2 Å². The van der Waals surface area contributed by atoms with Crippen molar-refractivity contribution in [3.63, 3.8) is 0 Å². The van der Waals surface area contributed by atoms with Crippen molar-refractivity contribution in [3.05, 3.63) is 6.07 Å². The summed E-state index contributed by atoms with van der Waals surface area (Å²) >= 11 is 0. The molecule has 1 atom stereocenters. The minimum absolute atomic E-state index is 0.344. The third kappa shape index (κ3) is 4.70. The van der Waals surface area contributed by atoms with E-state index in [1.54, 1.807) is 0 Å². The van der Waals surface area contributed by atoms with Crippen LogP contribution in [-0.4, -0.2) is 67.4 Å². The van der Waals surface area contributed by atoms with E-state index in [1.807, 2.05) is 6.07 Å².